The van der Waals surface area contributed by atoms with Gasteiger partial charge in [-0.05, 0) is 44.9 Å². The fourth-order valence-electron chi connectivity index (χ4n) is 6.78. The van der Waals surface area contributed by atoms with Gasteiger partial charge in [0.25, 0.3) is 15.6 Å². The highest BCUT2D eigenvalue weighted by Gasteiger charge is 2.47. The van der Waals surface area contributed by atoms with Crippen LogP contribution in [0.15, 0.2) is 49.1 Å². The molecule has 2 saturated heterocycles. The third-order valence-electron chi connectivity index (χ3n) is 10.7. The second-order valence-corrected chi connectivity index (χ2v) is 22.1. The summed E-state index contributed by atoms with van der Waals surface area (Å²) in [4.78, 5) is 96.9. The molecule has 29 heteroatoms. The average molecular weight is 1070 g/mol. The average Bonchev–Trinajstić information content (AvgIpc) is 3.77. The first-order chi connectivity index (χ1) is 33.0. The third kappa shape index (κ3) is 20.7. The highest BCUT2D eigenvalue weighted by Crippen LogP contribution is 2.56. The van der Waals surface area contributed by atoms with Gasteiger partial charge in [0, 0.05) is 37.1 Å². The lowest BCUT2D eigenvalue weighted by Crippen LogP contribution is -2.46. The number of nitrogen functional groups attached to an aromatic ring is 1. The molecule has 0 aromatic carbocycles. The van der Waals surface area contributed by atoms with Gasteiger partial charge in [0.1, 0.15) is 36.3 Å². The highest BCUT2D eigenvalue weighted by atomic mass is 32.2. The molecule has 394 valence electrons. The van der Waals surface area contributed by atoms with Crippen LogP contribution >= 0.6 is 35.2 Å². The van der Waals surface area contributed by atoms with Crippen molar-refractivity contribution < 1.29 is 85.2 Å². The number of nitrogens with zero attached hydrogens (tertiary/aromatic N) is 4. The number of hydrogen-bond donors (Lipinski definition) is 5. The number of unbranched alkanes of at least 4 members (excludes halogenated alkanes) is 4. The number of carbonyl (C=O) groups is 3. The number of allylic oxidation sites excluding steroid dienone is 4. The van der Waals surface area contributed by atoms with Crippen molar-refractivity contribution in [2.24, 2.45) is 5.41 Å². The van der Waals surface area contributed by atoms with Gasteiger partial charge in [0.05, 0.1) is 39.6 Å². The molecule has 2 aromatic heterocycles. The molecule has 0 radical (unpaired) electrons. The lowest BCUT2D eigenvalue weighted by atomic mass is 9.87. The van der Waals surface area contributed by atoms with E-state index < -0.39 is 84.6 Å². The van der Waals surface area contributed by atoms with Crippen molar-refractivity contribution in [1.29, 1.82) is 0 Å². The Morgan fingerprint density at radius 3 is 2.29 bits per heavy atom. The molecule has 4 rings (SSSR count). The summed E-state index contributed by atoms with van der Waals surface area (Å²) in [6, 6.07) is 0. The number of rotatable bonds is 33. The number of aliphatic hydroxyl groups excluding tert-OH is 2. The molecule has 0 aliphatic carbocycles. The Balaban J connectivity index is 1.07. The van der Waals surface area contributed by atoms with Gasteiger partial charge in [-0.1, -0.05) is 81.8 Å². The molecule has 2 aliphatic heterocycles. The van der Waals surface area contributed by atoms with Crippen LogP contribution in [-0.2, 0) is 55.4 Å². The van der Waals surface area contributed by atoms with Crippen molar-refractivity contribution >= 4 is 69.1 Å². The number of amides is 2. The molecule has 0 bridgehead atoms. The minimum Gasteiger partial charge on any atom is -0.790 e. The zero-order chi connectivity index (χ0) is 51.5. The number of fused-ring (bicyclic) bond motifs is 1. The van der Waals surface area contributed by atoms with Crippen LogP contribution in [0.5, 0.6) is 0 Å². The molecule has 6 N–H and O–H groups in total. The van der Waals surface area contributed by atoms with E-state index in [2.05, 4.69) is 86.8 Å². The standard InChI is InChI=1S/C41H66N7O18P3S/c1-4-5-6-7-8-9-10-11-14-17-28-29(63-28)18-15-12-13-16-19-32(50)70-23-22-43-31(49)20-21-44-39(53)36(52)41(2,3)25-62-69(59,60)66-68(57,58)61-24-30-35(65-67(54,55)56)34(51)40(64-30)48-27-47-33-37(42)45-26-46-38(33)48/h8-9,11-12,14-15,26-30,34-36,40,51-52H,4-7,10,13,16-25H2,1-3H3,(H,43,49)(H,44,53)(H,57,58)(H,59,60)(H2,42,45,46)(H2,54,55,56)/p-4/b9-8-,14-11-,15-12-/t28?,29?,30-,34-,35-,36+,40-/m1/s1. The second-order valence-electron chi connectivity index (χ2n) is 16.9. The topological polar surface area (TPSA) is 387 Å². The summed E-state index contributed by atoms with van der Waals surface area (Å²) in [5, 5.41) is 26.4. The Hall–Kier alpha value is -3.26. The SMILES string of the molecule is CCCCC/C=C\C/C=C\CC1OC1C/C=C\CCCC(=O)SCCNC(=O)CCNC(=O)[C@H](O)C(C)(C)COP(=O)([O-])OP(=O)([O-])OC[C@H]1O[C@@H](n2cnc3c(N)ncnc32)[C@H](O)[C@@H]1OP(=O)([O-])[O-]. The van der Waals surface area contributed by atoms with Crippen molar-refractivity contribution in [3.05, 3.63) is 49.1 Å². The molecule has 2 amide bonds. The largest absolute Gasteiger partial charge is 0.790 e. The molecule has 2 aromatic rings. The molecule has 9 atom stereocenters. The number of hydrogen-bond acceptors (Lipinski definition) is 23. The smallest absolute Gasteiger partial charge is 0.274 e. The maximum absolute atomic E-state index is 12.7. The van der Waals surface area contributed by atoms with Gasteiger partial charge in [-0.2, -0.15) is 0 Å². The zero-order valence-corrected chi connectivity index (χ0v) is 42.5. The summed E-state index contributed by atoms with van der Waals surface area (Å²) in [5.41, 5.74) is 4.08. The number of imidazole rings is 1. The van der Waals surface area contributed by atoms with Crippen LogP contribution in [-0.4, -0.2) is 115 Å². The van der Waals surface area contributed by atoms with Crippen molar-refractivity contribution in [2.75, 3.05) is 37.8 Å². The Morgan fingerprint density at radius 1 is 0.900 bits per heavy atom. The van der Waals surface area contributed by atoms with E-state index in [1.807, 2.05) is 0 Å². The predicted molar refractivity (Wildman–Crippen MR) is 246 cm³/mol. The number of aromatic nitrogens is 4. The van der Waals surface area contributed by atoms with Gasteiger partial charge in [-0.3, -0.25) is 28.1 Å². The number of thioether (sulfide) groups is 1. The van der Waals surface area contributed by atoms with Crippen molar-refractivity contribution in [1.82, 2.24) is 30.2 Å². The van der Waals surface area contributed by atoms with Crippen LogP contribution in [0.25, 0.3) is 11.2 Å². The number of ether oxygens (including phenoxy) is 2. The van der Waals surface area contributed by atoms with Crippen LogP contribution < -0.4 is 35.9 Å². The summed E-state index contributed by atoms with van der Waals surface area (Å²) in [6.07, 6.45) is 15.3. The molecule has 4 heterocycles. The van der Waals surface area contributed by atoms with Crippen molar-refractivity contribution in [2.45, 2.75) is 134 Å². The normalized spacial score (nSPS) is 23.0. The molecule has 2 fully saturated rings. The molecular weight excluding hydrogens is 1000 g/mol. The monoisotopic (exact) mass is 1070 g/mol. The van der Waals surface area contributed by atoms with E-state index in [0.717, 1.165) is 61.1 Å². The van der Waals surface area contributed by atoms with Gasteiger partial charge in [0.15, 0.2) is 22.8 Å². The summed E-state index contributed by atoms with van der Waals surface area (Å²) in [6.45, 7) is 2.30. The number of phosphoric acid groups is 3. The van der Waals surface area contributed by atoms with Crippen LogP contribution in [0.2, 0.25) is 0 Å². The molecule has 0 saturated carbocycles. The lowest BCUT2D eigenvalue weighted by Gasteiger charge is -2.36. The second kappa shape index (κ2) is 28.3. The first-order valence-corrected chi connectivity index (χ1v) is 28.0. The number of phosphoric ester groups is 3. The van der Waals surface area contributed by atoms with Crippen LogP contribution in [0, 0.1) is 5.41 Å². The van der Waals surface area contributed by atoms with E-state index >= 15 is 0 Å². The maximum atomic E-state index is 12.7. The zero-order valence-electron chi connectivity index (χ0n) is 39.0. The van der Waals surface area contributed by atoms with Gasteiger partial charge >= 0.3 is 0 Å². The molecular formula is C41H62N7O18P3S-4. The third-order valence-corrected chi connectivity index (χ3v) is 14.6. The number of anilines is 1. The maximum Gasteiger partial charge on any atom is 0.274 e. The number of nitrogens with two attached hydrogens (primary N) is 1. The summed E-state index contributed by atoms with van der Waals surface area (Å²) < 4.78 is 66.6. The minimum absolute atomic E-state index is 0.00328. The first kappa shape index (κ1) is 59.3. The lowest BCUT2D eigenvalue weighted by molar-refractivity contribution is -0.347. The summed E-state index contributed by atoms with van der Waals surface area (Å²) >= 11 is 1.10. The quantitative estimate of drug-likeness (QED) is 0.0292. The van der Waals surface area contributed by atoms with Crippen molar-refractivity contribution in [3.63, 3.8) is 0 Å². The minimum atomic E-state index is -5.93. The Bertz CT molecular complexity index is 2260. The molecule has 0 spiro atoms. The number of nitrogens with one attached hydrogen (secondary N) is 2. The van der Waals surface area contributed by atoms with E-state index in [1.54, 1.807) is 0 Å². The van der Waals surface area contributed by atoms with E-state index in [-0.39, 0.29) is 53.8 Å². The summed E-state index contributed by atoms with van der Waals surface area (Å²) in [7, 11) is -17.6. The Morgan fingerprint density at radius 2 is 1.57 bits per heavy atom. The molecule has 25 nitrogen and oxygen atoms in total. The van der Waals surface area contributed by atoms with E-state index in [0.29, 0.717) is 18.6 Å². The van der Waals surface area contributed by atoms with Gasteiger partial charge in [-0.25, -0.2) is 19.3 Å². The molecule has 2 aliphatic rings. The highest BCUT2D eigenvalue weighted by molar-refractivity contribution is 8.13. The predicted octanol–water partition coefficient (Wildman–Crippen LogP) is 1.49. The van der Waals surface area contributed by atoms with Crippen LogP contribution in [0.4, 0.5) is 5.82 Å². The fraction of sp³-hybridized carbons (Fsp3) is 0.659. The van der Waals surface area contributed by atoms with Gasteiger partial charge in [-0.15, -0.1) is 0 Å². The van der Waals surface area contributed by atoms with Crippen molar-refractivity contribution in [3.8, 4) is 0 Å². The molecule has 70 heavy (non-hydrogen) atoms. The van der Waals surface area contributed by atoms with E-state index in [9.17, 15) is 57.9 Å². The Labute approximate surface area is 409 Å². The first-order valence-electron chi connectivity index (χ1n) is 22.6. The number of epoxide rings is 1. The van der Waals surface area contributed by atoms with E-state index in [4.69, 9.17) is 15.2 Å². The van der Waals surface area contributed by atoms with Gasteiger partial charge < -0.3 is 73.8 Å². The number of aliphatic hydroxyl groups is 2. The fourth-order valence-corrected chi connectivity index (χ4v) is 10.2. The van der Waals surface area contributed by atoms with Crippen LogP contribution in [0.3, 0.4) is 0 Å². The van der Waals surface area contributed by atoms with Crippen LogP contribution in [0.1, 0.15) is 97.6 Å². The molecule has 4 unspecified atom stereocenters. The van der Waals surface area contributed by atoms with E-state index in [1.165, 1.54) is 33.1 Å². The Kier molecular flexibility index (Phi) is 23.9. The number of carbonyl (C=O) groups excluding carboxylic acids is 3. The summed E-state index contributed by atoms with van der Waals surface area (Å²) in [5.74, 6) is -1.20. The van der Waals surface area contributed by atoms with Gasteiger partial charge in [0.2, 0.25) is 11.8 Å².